The molecule has 4 rings (SSSR count). The van der Waals surface area contributed by atoms with Gasteiger partial charge in [0.25, 0.3) is 5.56 Å². The predicted molar refractivity (Wildman–Crippen MR) is 109 cm³/mol. The molecule has 0 spiro atoms. The van der Waals surface area contributed by atoms with Crippen LogP contribution in [0.1, 0.15) is 23.3 Å². The van der Waals surface area contributed by atoms with Crippen molar-refractivity contribution in [2.75, 3.05) is 18.2 Å². The van der Waals surface area contributed by atoms with Crippen molar-refractivity contribution in [3.8, 4) is 5.75 Å². The zero-order chi connectivity index (χ0) is 18.8. The summed E-state index contributed by atoms with van der Waals surface area (Å²) in [6.45, 7) is 0. The number of nitrogens with zero attached hydrogens (tertiary/aromatic N) is 1. The zero-order valence-electron chi connectivity index (χ0n) is 14.8. The first-order valence-corrected chi connectivity index (χ1v) is 10.6. The Morgan fingerprint density at radius 1 is 1.37 bits per heavy atom. The number of H-pyrrole nitrogens is 1. The minimum Gasteiger partial charge on any atom is -0.497 e. The Morgan fingerprint density at radius 3 is 3.07 bits per heavy atom. The van der Waals surface area contributed by atoms with Crippen molar-refractivity contribution in [2.45, 2.75) is 30.8 Å². The highest BCUT2D eigenvalue weighted by molar-refractivity contribution is 7.99. The van der Waals surface area contributed by atoms with Crippen LogP contribution in [0.5, 0.6) is 5.75 Å². The van der Waals surface area contributed by atoms with Crippen LogP contribution >= 0.6 is 23.1 Å². The van der Waals surface area contributed by atoms with Gasteiger partial charge in [0.2, 0.25) is 5.91 Å². The van der Waals surface area contributed by atoms with Crippen molar-refractivity contribution in [3.63, 3.8) is 0 Å². The molecule has 1 amide bonds. The Kier molecular flexibility index (Phi) is 5.18. The first-order valence-electron chi connectivity index (χ1n) is 8.75. The second kappa shape index (κ2) is 7.74. The molecule has 8 heteroatoms. The van der Waals surface area contributed by atoms with E-state index in [2.05, 4.69) is 15.3 Å². The molecule has 0 saturated heterocycles. The van der Waals surface area contributed by atoms with Crippen LogP contribution in [0, 0.1) is 0 Å². The van der Waals surface area contributed by atoms with Crippen molar-refractivity contribution in [3.05, 3.63) is 45.1 Å². The third-order valence-electron chi connectivity index (χ3n) is 4.50. The lowest BCUT2D eigenvalue weighted by Crippen LogP contribution is -2.15. The van der Waals surface area contributed by atoms with E-state index in [4.69, 9.17) is 4.74 Å². The Hall–Kier alpha value is -2.32. The number of thioether (sulfide) groups is 1. The second-order valence-electron chi connectivity index (χ2n) is 6.33. The summed E-state index contributed by atoms with van der Waals surface area (Å²) in [5.74, 6) is 0.677. The van der Waals surface area contributed by atoms with Crippen LogP contribution < -0.4 is 15.6 Å². The number of aromatic nitrogens is 2. The Bertz CT molecular complexity index is 1060. The van der Waals surface area contributed by atoms with Crippen molar-refractivity contribution in [2.24, 2.45) is 0 Å². The van der Waals surface area contributed by atoms with E-state index in [1.807, 2.05) is 12.1 Å². The predicted octanol–water partition coefficient (Wildman–Crippen LogP) is 3.60. The maximum Gasteiger partial charge on any atom is 0.260 e. The molecular formula is C19H19N3O3S2. The molecule has 2 aromatic heterocycles. The van der Waals surface area contributed by atoms with E-state index < -0.39 is 0 Å². The molecule has 1 aliphatic carbocycles. The van der Waals surface area contributed by atoms with Gasteiger partial charge in [0, 0.05) is 16.6 Å². The van der Waals surface area contributed by atoms with Gasteiger partial charge in [-0.3, -0.25) is 9.59 Å². The molecule has 0 saturated carbocycles. The number of benzene rings is 1. The Morgan fingerprint density at radius 2 is 2.22 bits per heavy atom. The Labute approximate surface area is 164 Å². The van der Waals surface area contributed by atoms with E-state index in [-0.39, 0.29) is 17.2 Å². The fourth-order valence-corrected chi connectivity index (χ4v) is 5.22. The molecule has 1 aliphatic rings. The molecule has 0 aliphatic heterocycles. The minimum absolute atomic E-state index is 0.102. The number of methoxy groups -OCH3 is 1. The number of hydrogen-bond acceptors (Lipinski definition) is 6. The number of aryl methyl sites for hydroxylation is 2. The number of ether oxygens (including phenoxy) is 1. The van der Waals surface area contributed by atoms with E-state index in [1.54, 1.807) is 30.6 Å². The zero-order valence-corrected chi connectivity index (χ0v) is 16.5. The van der Waals surface area contributed by atoms with Crippen LogP contribution in [0.3, 0.4) is 0 Å². The standard InChI is InChI=1S/C19H19N3O3S2/c1-25-12-6-4-5-11(9-12)20-15(23)10-26-19-21-17(24)16-13-7-2-3-8-14(13)27-18(16)22-19/h4-6,9H,2-3,7-8,10H2,1H3,(H,20,23)(H,21,22,24). The highest BCUT2D eigenvalue weighted by Gasteiger charge is 2.20. The number of nitrogens with one attached hydrogen (secondary N) is 2. The number of thiophene rings is 1. The first kappa shape index (κ1) is 18.1. The molecule has 140 valence electrons. The quantitative estimate of drug-likeness (QED) is 0.504. The van der Waals surface area contributed by atoms with Crippen LogP contribution in [-0.2, 0) is 17.6 Å². The number of amides is 1. The van der Waals surface area contributed by atoms with Gasteiger partial charge < -0.3 is 15.0 Å². The smallest absolute Gasteiger partial charge is 0.260 e. The molecule has 0 unspecified atom stereocenters. The molecule has 2 N–H and O–H groups in total. The number of hydrogen-bond donors (Lipinski definition) is 2. The van der Waals surface area contributed by atoms with Gasteiger partial charge in [0.05, 0.1) is 18.2 Å². The van der Waals surface area contributed by atoms with Gasteiger partial charge in [-0.05, 0) is 43.4 Å². The van der Waals surface area contributed by atoms with Gasteiger partial charge in [0.15, 0.2) is 5.16 Å². The maximum atomic E-state index is 12.5. The van der Waals surface area contributed by atoms with Crippen molar-refractivity contribution in [1.29, 1.82) is 0 Å². The third-order valence-corrected chi connectivity index (χ3v) is 6.56. The van der Waals surface area contributed by atoms with Gasteiger partial charge in [-0.2, -0.15) is 0 Å². The van der Waals surface area contributed by atoms with Crippen LogP contribution in [0.2, 0.25) is 0 Å². The fraction of sp³-hybridized carbons (Fsp3) is 0.316. The molecule has 0 atom stereocenters. The van der Waals surface area contributed by atoms with E-state index in [0.717, 1.165) is 29.5 Å². The summed E-state index contributed by atoms with van der Waals surface area (Å²) in [6, 6.07) is 7.18. The topological polar surface area (TPSA) is 84.1 Å². The van der Waals surface area contributed by atoms with E-state index in [1.165, 1.54) is 28.6 Å². The van der Waals surface area contributed by atoms with Gasteiger partial charge in [-0.15, -0.1) is 11.3 Å². The number of carbonyl (C=O) groups excluding carboxylic acids is 1. The number of rotatable bonds is 5. The second-order valence-corrected chi connectivity index (χ2v) is 8.38. The molecule has 3 aromatic rings. The normalized spacial score (nSPS) is 13.4. The maximum absolute atomic E-state index is 12.5. The number of aromatic amines is 1. The van der Waals surface area contributed by atoms with Crippen LogP contribution in [0.25, 0.3) is 10.2 Å². The number of anilines is 1. The van der Waals surface area contributed by atoms with Crippen LogP contribution in [0.4, 0.5) is 5.69 Å². The molecule has 6 nitrogen and oxygen atoms in total. The van der Waals surface area contributed by atoms with Gasteiger partial charge >= 0.3 is 0 Å². The highest BCUT2D eigenvalue weighted by atomic mass is 32.2. The van der Waals surface area contributed by atoms with Crippen molar-refractivity contribution in [1.82, 2.24) is 9.97 Å². The van der Waals surface area contributed by atoms with E-state index in [0.29, 0.717) is 16.6 Å². The SMILES string of the molecule is COc1cccc(NC(=O)CSc2nc3sc4c(c3c(=O)[nH]2)CCCC4)c1. The molecule has 27 heavy (non-hydrogen) atoms. The lowest BCUT2D eigenvalue weighted by Gasteiger charge is -2.09. The van der Waals surface area contributed by atoms with Crippen molar-refractivity contribution < 1.29 is 9.53 Å². The van der Waals surface area contributed by atoms with Gasteiger partial charge in [0.1, 0.15) is 10.6 Å². The summed E-state index contributed by atoms with van der Waals surface area (Å²) in [6.07, 6.45) is 4.28. The molecular weight excluding hydrogens is 382 g/mol. The fourth-order valence-electron chi connectivity index (χ4n) is 3.24. The minimum atomic E-state index is -0.165. The largest absolute Gasteiger partial charge is 0.497 e. The first-order chi connectivity index (χ1) is 13.1. The van der Waals surface area contributed by atoms with Gasteiger partial charge in [-0.25, -0.2) is 4.98 Å². The third kappa shape index (κ3) is 3.86. The summed E-state index contributed by atoms with van der Waals surface area (Å²) in [4.78, 5) is 34.2. The molecule has 0 fully saturated rings. The van der Waals surface area contributed by atoms with Gasteiger partial charge in [-0.1, -0.05) is 17.8 Å². The van der Waals surface area contributed by atoms with Crippen LogP contribution in [0.15, 0.2) is 34.2 Å². The summed E-state index contributed by atoms with van der Waals surface area (Å²) in [5.41, 5.74) is 1.74. The number of fused-ring (bicyclic) bond motifs is 3. The van der Waals surface area contributed by atoms with Crippen molar-refractivity contribution >= 4 is 44.9 Å². The van der Waals surface area contributed by atoms with E-state index in [9.17, 15) is 9.59 Å². The molecule has 0 bridgehead atoms. The summed E-state index contributed by atoms with van der Waals surface area (Å²) >= 11 is 2.84. The Balaban J connectivity index is 1.47. The lowest BCUT2D eigenvalue weighted by atomic mass is 9.97. The monoisotopic (exact) mass is 401 g/mol. The molecule has 2 heterocycles. The average molecular weight is 402 g/mol. The molecule has 0 radical (unpaired) electrons. The average Bonchev–Trinajstić information content (AvgIpc) is 3.05. The lowest BCUT2D eigenvalue weighted by molar-refractivity contribution is -0.113. The van der Waals surface area contributed by atoms with E-state index >= 15 is 0 Å². The highest BCUT2D eigenvalue weighted by Crippen LogP contribution is 2.34. The van der Waals surface area contributed by atoms with Crippen LogP contribution in [-0.4, -0.2) is 28.7 Å². The summed E-state index contributed by atoms with van der Waals surface area (Å²) in [5, 5.41) is 4.04. The number of carbonyl (C=O) groups is 1. The summed E-state index contributed by atoms with van der Waals surface area (Å²) in [7, 11) is 1.58. The summed E-state index contributed by atoms with van der Waals surface area (Å²) < 4.78 is 5.15. The molecule has 1 aromatic carbocycles.